The number of nitrogens with zero attached hydrogens (tertiary/aromatic N) is 2. The lowest BCUT2D eigenvalue weighted by atomic mass is 10.1. The molecule has 3 aromatic rings. The summed E-state index contributed by atoms with van der Waals surface area (Å²) < 4.78 is 6.88. The molecule has 0 saturated heterocycles. The number of nitriles is 1. The van der Waals surface area contributed by atoms with Crippen LogP contribution in [0.25, 0.3) is 0 Å². The van der Waals surface area contributed by atoms with Crippen LogP contribution in [0.15, 0.2) is 47.3 Å². The smallest absolute Gasteiger partial charge is 0.308 e. The Morgan fingerprint density at radius 3 is 2.66 bits per heavy atom. The SMILES string of the molecule is COc1ccc(Cl)cc1Cn1c(C)c(C(=O)NCc2ccc(C#N)cc2)sc1=O. The van der Waals surface area contributed by atoms with Gasteiger partial charge in [0, 0.05) is 22.8 Å². The van der Waals surface area contributed by atoms with Gasteiger partial charge in [-0.1, -0.05) is 35.1 Å². The number of ether oxygens (including phenoxy) is 1. The van der Waals surface area contributed by atoms with Crippen molar-refractivity contribution in [2.75, 3.05) is 7.11 Å². The van der Waals surface area contributed by atoms with Crippen LogP contribution in [0.3, 0.4) is 0 Å². The van der Waals surface area contributed by atoms with E-state index in [0.717, 1.165) is 22.5 Å². The summed E-state index contributed by atoms with van der Waals surface area (Å²) in [4.78, 5) is 25.2. The fourth-order valence-corrected chi connectivity index (χ4v) is 3.97. The number of carbonyl (C=O) groups is 1. The molecule has 0 saturated carbocycles. The van der Waals surface area contributed by atoms with Gasteiger partial charge in [0.25, 0.3) is 5.91 Å². The van der Waals surface area contributed by atoms with Crippen molar-refractivity contribution in [2.45, 2.75) is 20.0 Å². The van der Waals surface area contributed by atoms with Gasteiger partial charge in [0.2, 0.25) is 0 Å². The van der Waals surface area contributed by atoms with Crippen LogP contribution in [-0.2, 0) is 13.1 Å². The first kappa shape index (κ1) is 20.6. The van der Waals surface area contributed by atoms with Crippen LogP contribution >= 0.6 is 22.9 Å². The van der Waals surface area contributed by atoms with E-state index in [0.29, 0.717) is 33.5 Å². The number of rotatable bonds is 6. The summed E-state index contributed by atoms with van der Waals surface area (Å²) >= 11 is 6.98. The van der Waals surface area contributed by atoms with E-state index in [-0.39, 0.29) is 17.3 Å². The van der Waals surface area contributed by atoms with E-state index in [1.807, 2.05) is 0 Å². The van der Waals surface area contributed by atoms with E-state index in [2.05, 4.69) is 11.4 Å². The Balaban J connectivity index is 1.78. The normalized spacial score (nSPS) is 10.4. The summed E-state index contributed by atoms with van der Waals surface area (Å²) in [5.74, 6) is 0.310. The maximum absolute atomic E-state index is 12.6. The van der Waals surface area contributed by atoms with Gasteiger partial charge in [-0.3, -0.25) is 14.2 Å². The molecule has 1 aromatic heterocycles. The van der Waals surface area contributed by atoms with Crippen LogP contribution in [0.2, 0.25) is 5.02 Å². The van der Waals surface area contributed by atoms with Gasteiger partial charge in [0.05, 0.1) is 25.3 Å². The molecule has 1 heterocycles. The molecule has 3 rings (SSSR count). The number of thiazole rings is 1. The summed E-state index contributed by atoms with van der Waals surface area (Å²) in [6, 6.07) is 14.2. The van der Waals surface area contributed by atoms with E-state index in [1.165, 1.54) is 4.57 Å². The van der Waals surface area contributed by atoms with Gasteiger partial charge in [-0.2, -0.15) is 5.26 Å². The molecule has 0 aliphatic carbocycles. The molecule has 0 atom stereocenters. The molecule has 0 spiro atoms. The number of nitrogens with one attached hydrogen (secondary N) is 1. The lowest BCUT2D eigenvalue weighted by Crippen LogP contribution is -2.23. The van der Waals surface area contributed by atoms with Crippen molar-refractivity contribution in [3.63, 3.8) is 0 Å². The minimum atomic E-state index is -0.314. The number of hydrogen-bond acceptors (Lipinski definition) is 5. The first-order valence-corrected chi connectivity index (χ1v) is 9.92. The molecular formula is C21H18ClN3O3S. The summed E-state index contributed by atoms with van der Waals surface area (Å²) in [7, 11) is 1.55. The average molecular weight is 428 g/mol. The molecule has 0 unspecified atom stereocenters. The quantitative estimate of drug-likeness (QED) is 0.649. The predicted octanol–water partition coefficient (Wildman–Crippen LogP) is 3.73. The maximum atomic E-state index is 12.6. The molecule has 8 heteroatoms. The largest absolute Gasteiger partial charge is 0.496 e. The fourth-order valence-electron chi connectivity index (χ4n) is 2.87. The lowest BCUT2D eigenvalue weighted by Gasteiger charge is -2.11. The van der Waals surface area contributed by atoms with E-state index in [1.54, 1.807) is 56.5 Å². The lowest BCUT2D eigenvalue weighted by molar-refractivity contribution is 0.0954. The third kappa shape index (κ3) is 4.67. The predicted molar refractivity (Wildman–Crippen MR) is 113 cm³/mol. The Labute approximate surface area is 176 Å². The van der Waals surface area contributed by atoms with Crippen LogP contribution in [0.1, 0.15) is 32.1 Å². The third-order valence-electron chi connectivity index (χ3n) is 4.46. The minimum absolute atomic E-state index is 0.229. The van der Waals surface area contributed by atoms with Crippen molar-refractivity contribution in [1.29, 1.82) is 5.26 Å². The third-order valence-corrected chi connectivity index (χ3v) is 5.77. The molecule has 0 fully saturated rings. The highest BCUT2D eigenvalue weighted by molar-refractivity contribution is 7.11. The number of hydrogen-bond donors (Lipinski definition) is 1. The Morgan fingerprint density at radius 1 is 1.28 bits per heavy atom. The highest BCUT2D eigenvalue weighted by atomic mass is 35.5. The molecule has 2 aromatic carbocycles. The summed E-state index contributed by atoms with van der Waals surface area (Å²) in [5, 5.41) is 12.2. The van der Waals surface area contributed by atoms with Crippen molar-refractivity contribution in [3.8, 4) is 11.8 Å². The van der Waals surface area contributed by atoms with Crippen LogP contribution < -0.4 is 14.9 Å². The van der Waals surface area contributed by atoms with E-state index in [4.69, 9.17) is 21.6 Å². The molecule has 1 amide bonds. The number of aromatic nitrogens is 1. The average Bonchev–Trinajstić information content (AvgIpc) is 3.01. The first-order valence-electron chi connectivity index (χ1n) is 8.72. The molecule has 0 bridgehead atoms. The Morgan fingerprint density at radius 2 is 2.00 bits per heavy atom. The maximum Gasteiger partial charge on any atom is 0.308 e. The summed E-state index contributed by atoms with van der Waals surface area (Å²) in [6.07, 6.45) is 0. The van der Waals surface area contributed by atoms with Gasteiger partial charge in [0.1, 0.15) is 10.6 Å². The van der Waals surface area contributed by atoms with Crippen molar-refractivity contribution >= 4 is 28.8 Å². The molecule has 0 aliphatic rings. The van der Waals surface area contributed by atoms with E-state index in [9.17, 15) is 9.59 Å². The summed E-state index contributed by atoms with van der Waals surface area (Å²) in [6.45, 7) is 2.30. The van der Waals surface area contributed by atoms with Gasteiger partial charge in [-0.05, 0) is 42.8 Å². The molecule has 0 radical (unpaired) electrons. The number of carbonyl (C=O) groups excluding carboxylic acids is 1. The standard InChI is InChI=1S/C21H18ClN3O3S/c1-13-19(20(26)24-11-15-5-3-14(10-23)4-6-15)29-21(27)25(13)12-16-9-17(22)7-8-18(16)28-2/h3-9H,11-12H2,1-2H3,(H,24,26). The second kappa shape index (κ2) is 8.95. The number of amides is 1. The van der Waals surface area contributed by atoms with Crippen LogP contribution in [0.4, 0.5) is 0 Å². The molecule has 0 aliphatic heterocycles. The first-order chi connectivity index (χ1) is 13.9. The molecule has 148 valence electrons. The Bertz CT molecular complexity index is 1140. The molecule has 29 heavy (non-hydrogen) atoms. The van der Waals surface area contributed by atoms with Crippen LogP contribution in [-0.4, -0.2) is 17.6 Å². The van der Waals surface area contributed by atoms with E-state index >= 15 is 0 Å². The highest BCUT2D eigenvalue weighted by Gasteiger charge is 2.18. The molecule has 6 nitrogen and oxygen atoms in total. The fraction of sp³-hybridized carbons (Fsp3) is 0.190. The zero-order chi connectivity index (χ0) is 21.0. The second-order valence-corrected chi connectivity index (χ2v) is 7.71. The zero-order valence-corrected chi connectivity index (χ0v) is 17.4. The topological polar surface area (TPSA) is 84.1 Å². The van der Waals surface area contributed by atoms with Gasteiger partial charge in [-0.25, -0.2) is 0 Å². The minimum Gasteiger partial charge on any atom is -0.496 e. The van der Waals surface area contributed by atoms with Gasteiger partial charge >= 0.3 is 4.87 Å². The molecular weight excluding hydrogens is 410 g/mol. The zero-order valence-electron chi connectivity index (χ0n) is 15.9. The molecule has 1 N–H and O–H groups in total. The Kier molecular flexibility index (Phi) is 6.37. The highest BCUT2D eigenvalue weighted by Crippen LogP contribution is 2.24. The van der Waals surface area contributed by atoms with Gasteiger partial charge < -0.3 is 10.1 Å². The number of methoxy groups -OCH3 is 1. The van der Waals surface area contributed by atoms with Crippen molar-refractivity contribution < 1.29 is 9.53 Å². The second-order valence-electron chi connectivity index (χ2n) is 6.32. The van der Waals surface area contributed by atoms with Crippen molar-refractivity contribution in [2.24, 2.45) is 0 Å². The van der Waals surface area contributed by atoms with E-state index < -0.39 is 0 Å². The van der Waals surface area contributed by atoms with Gasteiger partial charge in [-0.15, -0.1) is 0 Å². The number of benzene rings is 2. The van der Waals surface area contributed by atoms with Crippen molar-refractivity contribution in [3.05, 3.63) is 84.4 Å². The summed E-state index contributed by atoms with van der Waals surface area (Å²) in [5.41, 5.74) is 2.76. The Hall–Kier alpha value is -3.08. The number of halogens is 1. The van der Waals surface area contributed by atoms with Gasteiger partial charge in [0.15, 0.2) is 0 Å². The van der Waals surface area contributed by atoms with Crippen LogP contribution in [0, 0.1) is 18.3 Å². The van der Waals surface area contributed by atoms with Crippen LogP contribution in [0.5, 0.6) is 5.75 Å². The monoisotopic (exact) mass is 427 g/mol. The van der Waals surface area contributed by atoms with Crippen molar-refractivity contribution in [1.82, 2.24) is 9.88 Å².